The van der Waals surface area contributed by atoms with Crippen molar-refractivity contribution < 1.29 is 9.84 Å². The van der Waals surface area contributed by atoms with Crippen molar-refractivity contribution in [1.82, 2.24) is 10.3 Å². The first-order valence-corrected chi connectivity index (χ1v) is 6.80. The maximum atomic E-state index is 8.88. The lowest BCUT2D eigenvalue weighted by molar-refractivity contribution is 0.236. The van der Waals surface area contributed by atoms with Crippen molar-refractivity contribution in [3.63, 3.8) is 0 Å². The van der Waals surface area contributed by atoms with Crippen LogP contribution in [0.4, 0.5) is 0 Å². The maximum Gasteiger partial charge on any atom is 0.122 e. The van der Waals surface area contributed by atoms with Crippen LogP contribution in [-0.4, -0.2) is 30.4 Å². The fourth-order valence-corrected chi connectivity index (χ4v) is 2.09. The van der Waals surface area contributed by atoms with Crippen molar-refractivity contribution in [3.8, 4) is 5.75 Å². The minimum absolute atomic E-state index is 0.191. The Kier molecular flexibility index (Phi) is 6.25. The molecule has 0 fully saturated rings. The van der Waals surface area contributed by atoms with Crippen molar-refractivity contribution in [2.75, 3.05) is 20.3 Å². The van der Waals surface area contributed by atoms with Gasteiger partial charge >= 0.3 is 0 Å². The molecular formula is C15H26N2O2. The number of hydrogen-bond acceptors (Lipinski definition) is 4. The SMILES string of the molecule is COc1cc(C)nc(CNCC(C)(C)CCCO)c1. The molecule has 0 amide bonds. The highest BCUT2D eigenvalue weighted by molar-refractivity contribution is 5.26. The minimum atomic E-state index is 0.191. The van der Waals surface area contributed by atoms with Crippen LogP contribution in [0, 0.1) is 12.3 Å². The largest absolute Gasteiger partial charge is 0.497 e. The molecule has 0 aliphatic carbocycles. The highest BCUT2D eigenvalue weighted by Gasteiger charge is 2.16. The number of aryl methyl sites for hydroxylation is 1. The van der Waals surface area contributed by atoms with Gasteiger partial charge in [-0.2, -0.15) is 0 Å². The quantitative estimate of drug-likeness (QED) is 0.758. The molecule has 0 saturated carbocycles. The van der Waals surface area contributed by atoms with E-state index in [-0.39, 0.29) is 12.0 Å². The molecule has 1 rings (SSSR count). The number of aliphatic hydroxyl groups excluding tert-OH is 1. The Morgan fingerprint density at radius 3 is 2.74 bits per heavy atom. The number of aromatic nitrogens is 1. The first kappa shape index (κ1) is 15.9. The molecule has 0 atom stereocenters. The zero-order valence-electron chi connectivity index (χ0n) is 12.5. The summed E-state index contributed by atoms with van der Waals surface area (Å²) in [5.74, 6) is 0.851. The van der Waals surface area contributed by atoms with E-state index in [4.69, 9.17) is 9.84 Å². The van der Waals surface area contributed by atoms with Crippen LogP contribution in [0.15, 0.2) is 12.1 Å². The molecule has 108 valence electrons. The van der Waals surface area contributed by atoms with Gasteiger partial charge in [-0.3, -0.25) is 4.98 Å². The Bertz CT molecular complexity index is 392. The van der Waals surface area contributed by atoms with Crippen LogP contribution in [-0.2, 0) is 6.54 Å². The first-order valence-electron chi connectivity index (χ1n) is 6.80. The molecule has 1 heterocycles. The fraction of sp³-hybridized carbons (Fsp3) is 0.667. The summed E-state index contributed by atoms with van der Waals surface area (Å²) in [5.41, 5.74) is 2.15. The molecule has 0 unspecified atom stereocenters. The molecule has 4 nitrogen and oxygen atoms in total. The number of rotatable bonds is 8. The smallest absolute Gasteiger partial charge is 0.122 e. The lowest BCUT2D eigenvalue weighted by atomic mass is 9.88. The van der Waals surface area contributed by atoms with Gasteiger partial charge in [0, 0.05) is 37.5 Å². The second kappa shape index (κ2) is 7.46. The summed E-state index contributed by atoms with van der Waals surface area (Å²) in [5, 5.41) is 12.3. The summed E-state index contributed by atoms with van der Waals surface area (Å²) in [6.07, 6.45) is 1.87. The number of methoxy groups -OCH3 is 1. The van der Waals surface area contributed by atoms with Crippen molar-refractivity contribution in [2.45, 2.75) is 40.2 Å². The van der Waals surface area contributed by atoms with Gasteiger partial charge in [-0.1, -0.05) is 13.8 Å². The number of nitrogens with zero attached hydrogens (tertiary/aromatic N) is 1. The highest BCUT2D eigenvalue weighted by Crippen LogP contribution is 2.21. The molecule has 1 aromatic heterocycles. The van der Waals surface area contributed by atoms with Crippen LogP contribution in [0.3, 0.4) is 0 Å². The summed E-state index contributed by atoms with van der Waals surface area (Å²) < 4.78 is 5.24. The molecule has 2 N–H and O–H groups in total. The van der Waals surface area contributed by atoms with Crippen LogP contribution in [0.5, 0.6) is 5.75 Å². The average molecular weight is 266 g/mol. The molecule has 4 heteroatoms. The zero-order chi connectivity index (χ0) is 14.3. The van der Waals surface area contributed by atoms with E-state index in [1.165, 1.54) is 0 Å². The van der Waals surface area contributed by atoms with E-state index < -0.39 is 0 Å². The molecule has 0 aromatic carbocycles. The summed E-state index contributed by atoms with van der Waals surface area (Å²) in [6, 6.07) is 3.88. The molecule has 0 saturated heterocycles. The molecule has 1 aromatic rings. The number of nitrogens with one attached hydrogen (secondary N) is 1. The Balaban J connectivity index is 2.46. The van der Waals surface area contributed by atoms with Gasteiger partial charge in [0.15, 0.2) is 0 Å². The van der Waals surface area contributed by atoms with Crippen molar-refractivity contribution in [3.05, 3.63) is 23.5 Å². The van der Waals surface area contributed by atoms with Crippen LogP contribution < -0.4 is 10.1 Å². The standard InChI is InChI=1S/C15H26N2O2/c1-12-8-14(19-4)9-13(17-12)10-16-11-15(2,3)6-5-7-18/h8-9,16,18H,5-7,10-11H2,1-4H3. The maximum absolute atomic E-state index is 8.88. The van der Waals surface area contributed by atoms with E-state index in [9.17, 15) is 0 Å². The lowest BCUT2D eigenvalue weighted by Crippen LogP contribution is -2.29. The minimum Gasteiger partial charge on any atom is -0.497 e. The molecule has 0 bridgehead atoms. The van der Waals surface area contributed by atoms with E-state index in [2.05, 4.69) is 24.1 Å². The van der Waals surface area contributed by atoms with Gasteiger partial charge < -0.3 is 15.2 Å². The highest BCUT2D eigenvalue weighted by atomic mass is 16.5. The van der Waals surface area contributed by atoms with Gasteiger partial charge in [0.05, 0.1) is 12.8 Å². The Labute approximate surface area is 116 Å². The van der Waals surface area contributed by atoms with Crippen LogP contribution in [0.25, 0.3) is 0 Å². The third-order valence-corrected chi connectivity index (χ3v) is 3.14. The molecule has 0 spiro atoms. The predicted molar refractivity (Wildman–Crippen MR) is 77.3 cm³/mol. The number of hydrogen-bond donors (Lipinski definition) is 2. The lowest BCUT2D eigenvalue weighted by Gasteiger charge is -2.24. The van der Waals surface area contributed by atoms with Gasteiger partial charge in [-0.05, 0) is 25.2 Å². The van der Waals surface area contributed by atoms with Gasteiger partial charge in [-0.25, -0.2) is 0 Å². The van der Waals surface area contributed by atoms with Crippen molar-refractivity contribution in [2.24, 2.45) is 5.41 Å². The average Bonchev–Trinajstić information content (AvgIpc) is 2.35. The Hall–Kier alpha value is -1.13. The van der Waals surface area contributed by atoms with Gasteiger partial charge in [0.1, 0.15) is 5.75 Å². The molecule has 19 heavy (non-hydrogen) atoms. The zero-order valence-corrected chi connectivity index (χ0v) is 12.5. The van der Waals surface area contributed by atoms with Crippen molar-refractivity contribution >= 4 is 0 Å². The van der Waals surface area contributed by atoms with E-state index in [1.54, 1.807) is 7.11 Å². The molecule has 0 radical (unpaired) electrons. The van der Waals surface area contributed by atoms with E-state index in [1.807, 2.05) is 19.1 Å². The number of pyridine rings is 1. The van der Waals surface area contributed by atoms with Crippen LogP contribution >= 0.6 is 0 Å². The number of ether oxygens (including phenoxy) is 1. The van der Waals surface area contributed by atoms with Crippen LogP contribution in [0.1, 0.15) is 38.1 Å². The fourth-order valence-electron chi connectivity index (χ4n) is 2.09. The molecule has 0 aliphatic heterocycles. The van der Waals surface area contributed by atoms with Gasteiger partial charge in [-0.15, -0.1) is 0 Å². The molecule has 0 aliphatic rings. The topological polar surface area (TPSA) is 54.4 Å². The van der Waals surface area contributed by atoms with E-state index >= 15 is 0 Å². The van der Waals surface area contributed by atoms with E-state index in [0.29, 0.717) is 0 Å². The second-order valence-corrected chi connectivity index (χ2v) is 5.73. The van der Waals surface area contributed by atoms with Gasteiger partial charge in [0.25, 0.3) is 0 Å². The van der Waals surface area contributed by atoms with Crippen molar-refractivity contribution in [1.29, 1.82) is 0 Å². The normalized spacial score (nSPS) is 11.6. The monoisotopic (exact) mass is 266 g/mol. The van der Waals surface area contributed by atoms with Gasteiger partial charge in [0.2, 0.25) is 0 Å². The summed E-state index contributed by atoms with van der Waals surface area (Å²) in [6.45, 7) is 8.29. The molecular weight excluding hydrogens is 240 g/mol. The third-order valence-electron chi connectivity index (χ3n) is 3.14. The summed E-state index contributed by atoms with van der Waals surface area (Å²) in [4.78, 5) is 4.48. The summed E-state index contributed by atoms with van der Waals surface area (Å²) in [7, 11) is 1.67. The second-order valence-electron chi connectivity index (χ2n) is 5.73. The Morgan fingerprint density at radius 2 is 2.11 bits per heavy atom. The van der Waals surface area contributed by atoms with Crippen LogP contribution in [0.2, 0.25) is 0 Å². The number of aliphatic hydroxyl groups is 1. The van der Waals surface area contributed by atoms with E-state index in [0.717, 1.165) is 43.1 Å². The Morgan fingerprint density at radius 1 is 1.37 bits per heavy atom. The first-order chi connectivity index (χ1) is 8.96. The summed E-state index contributed by atoms with van der Waals surface area (Å²) >= 11 is 0. The predicted octanol–water partition coefficient (Wildman–Crippen LogP) is 2.29. The third kappa shape index (κ3) is 6.03.